The van der Waals surface area contributed by atoms with E-state index >= 15 is 0 Å². The first-order chi connectivity index (χ1) is 19.2. The summed E-state index contributed by atoms with van der Waals surface area (Å²) in [5.41, 5.74) is 8.61. The molecule has 0 aliphatic rings. The summed E-state index contributed by atoms with van der Waals surface area (Å²) in [4.78, 5) is 9.49. The van der Waals surface area contributed by atoms with Crippen molar-refractivity contribution in [2.75, 3.05) is 5.32 Å². The molecule has 0 spiro atoms. The van der Waals surface area contributed by atoms with Crippen molar-refractivity contribution in [1.29, 1.82) is 0 Å². The summed E-state index contributed by atoms with van der Waals surface area (Å²) in [6.45, 7) is 6.01. The van der Waals surface area contributed by atoms with Crippen LogP contribution in [0.5, 0.6) is 0 Å². The fourth-order valence-electron chi connectivity index (χ4n) is 4.83. The molecule has 0 saturated heterocycles. The molecule has 0 radical (unpaired) electrons. The zero-order valence-corrected chi connectivity index (χ0v) is 21.6. The molecule has 3 aromatic carbocycles. The minimum atomic E-state index is 0.765. The maximum absolute atomic E-state index is 6.38. The third kappa shape index (κ3) is 4.88. The first kappa shape index (κ1) is 24.1. The van der Waals surface area contributed by atoms with Crippen LogP contribution in [-0.2, 0) is 0 Å². The molecule has 1 N–H and O–H groups in total. The predicted octanol–water partition coefficient (Wildman–Crippen LogP) is 9.64. The van der Waals surface area contributed by atoms with E-state index in [-0.39, 0.29) is 0 Å². The summed E-state index contributed by atoms with van der Waals surface area (Å²) in [5, 5.41) is 4.57. The molecule has 4 nitrogen and oxygen atoms in total. The number of para-hydroxylation sites is 1. The van der Waals surface area contributed by atoms with E-state index in [4.69, 9.17) is 9.40 Å². The first-order valence-electron chi connectivity index (χ1n) is 12.9. The Morgan fingerprint density at radius 1 is 0.769 bits per heavy atom. The average Bonchev–Trinajstić information content (AvgIpc) is 3.35. The molecule has 0 aliphatic heterocycles. The normalized spacial score (nSPS) is 11.2. The zero-order chi connectivity index (χ0) is 26.6. The van der Waals surface area contributed by atoms with Gasteiger partial charge in [0.15, 0.2) is 0 Å². The molecule has 0 unspecified atom stereocenters. The first-order valence-corrected chi connectivity index (χ1v) is 12.9. The number of benzene rings is 3. The van der Waals surface area contributed by atoms with E-state index in [0.29, 0.717) is 0 Å². The second kappa shape index (κ2) is 10.6. The van der Waals surface area contributed by atoms with Gasteiger partial charge in [-0.15, -0.1) is 0 Å². The Labute approximate surface area is 228 Å². The number of nitrogens with zero attached hydrogens (tertiary/aromatic N) is 2. The molecule has 0 saturated carbocycles. The molecule has 0 amide bonds. The summed E-state index contributed by atoms with van der Waals surface area (Å²) >= 11 is 0. The number of aromatic nitrogens is 2. The number of anilines is 2. The third-order valence-corrected chi connectivity index (χ3v) is 6.60. The molecule has 6 aromatic rings. The Morgan fingerprint density at radius 2 is 1.56 bits per heavy atom. The minimum Gasteiger partial charge on any atom is -0.455 e. The summed E-state index contributed by atoms with van der Waals surface area (Å²) in [6, 6.07) is 34.8. The second-order valence-corrected chi connectivity index (χ2v) is 9.18. The lowest BCUT2D eigenvalue weighted by Gasteiger charge is -2.13. The van der Waals surface area contributed by atoms with E-state index in [1.165, 1.54) is 0 Å². The lowest BCUT2D eigenvalue weighted by Crippen LogP contribution is -1.96. The quantitative estimate of drug-likeness (QED) is 0.235. The molecule has 188 valence electrons. The molecule has 0 atom stereocenters. The van der Waals surface area contributed by atoms with Gasteiger partial charge in [0.1, 0.15) is 17.2 Å². The van der Waals surface area contributed by atoms with E-state index in [9.17, 15) is 0 Å². The predicted molar refractivity (Wildman–Crippen MR) is 163 cm³/mol. The maximum Gasteiger partial charge on any atom is 0.143 e. The van der Waals surface area contributed by atoms with E-state index in [1.54, 1.807) is 0 Å². The Morgan fingerprint density at radius 3 is 2.36 bits per heavy atom. The SMILES string of the molecule is C=Cc1c(C=CC)oc2c(-c3cc(Nc4cccc(-c5ccccc5)n4)cc(-c4ccccn4)c3)cccc12. The van der Waals surface area contributed by atoms with Crippen LogP contribution in [0.4, 0.5) is 11.5 Å². The minimum absolute atomic E-state index is 0.765. The summed E-state index contributed by atoms with van der Waals surface area (Å²) in [5.74, 6) is 1.57. The van der Waals surface area contributed by atoms with Crippen molar-refractivity contribution in [3.05, 3.63) is 133 Å². The lowest BCUT2D eigenvalue weighted by atomic mass is 9.98. The standard InChI is InChI=1S/C35H27N3O/c1-3-12-33-28(4-2)30-16-10-15-29(35(30)39-33)25-21-26(31-17-8-9-20-36-31)23-27(22-25)37-34-19-11-18-32(38-34)24-13-6-5-7-14-24/h3-23H,2H2,1H3,(H,37,38). The number of rotatable bonds is 7. The van der Waals surface area contributed by atoms with Crippen LogP contribution in [0.15, 0.2) is 126 Å². The lowest BCUT2D eigenvalue weighted by molar-refractivity contribution is 0.604. The van der Waals surface area contributed by atoms with Gasteiger partial charge in [0, 0.05) is 39.5 Å². The number of fused-ring (bicyclic) bond motifs is 1. The van der Waals surface area contributed by atoms with Crippen molar-refractivity contribution in [3.63, 3.8) is 0 Å². The number of hydrogen-bond acceptors (Lipinski definition) is 4. The highest BCUT2D eigenvalue weighted by Gasteiger charge is 2.16. The van der Waals surface area contributed by atoms with Gasteiger partial charge in [-0.3, -0.25) is 4.98 Å². The smallest absolute Gasteiger partial charge is 0.143 e. The van der Waals surface area contributed by atoms with Crippen molar-refractivity contribution in [2.24, 2.45) is 0 Å². The van der Waals surface area contributed by atoms with E-state index in [0.717, 1.165) is 67.4 Å². The van der Waals surface area contributed by atoms with E-state index < -0.39 is 0 Å². The fraction of sp³-hybridized carbons (Fsp3) is 0.0286. The van der Waals surface area contributed by atoms with Crippen molar-refractivity contribution < 1.29 is 4.42 Å². The molecular formula is C35H27N3O. The topological polar surface area (TPSA) is 51.0 Å². The molecule has 39 heavy (non-hydrogen) atoms. The molecular weight excluding hydrogens is 478 g/mol. The number of hydrogen-bond donors (Lipinski definition) is 1. The van der Waals surface area contributed by atoms with Gasteiger partial charge in [-0.25, -0.2) is 4.98 Å². The zero-order valence-electron chi connectivity index (χ0n) is 21.6. The van der Waals surface area contributed by atoms with Gasteiger partial charge in [-0.2, -0.15) is 0 Å². The monoisotopic (exact) mass is 505 g/mol. The van der Waals surface area contributed by atoms with Gasteiger partial charge in [0.05, 0.1) is 11.4 Å². The second-order valence-electron chi connectivity index (χ2n) is 9.18. The van der Waals surface area contributed by atoms with Crippen molar-refractivity contribution in [1.82, 2.24) is 9.97 Å². The van der Waals surface area contributed by atoms with Crippen LogP contribution in [0.1, 0.15) is 18.2 Å². The van der Waals surface area contributed by atoms with E-state index in [1.807, 2.05) is 85.9 Å². The van der Waals surface area contributed by atoms with Crippen LogP contribution in [0.3, 0.4) is 0 Å². The highest BCUT2D eigenvalue weighted by Crippen LogP contribution is 2.38. The molecule has 6 rings (SSSR count). The van der Waals surface area contributed by atoms with Crippen LogP contribution in [0, 0.1) is 0 Å². The fourth-order valence-corrected chi connectivity index (χ4v) is 4.83. The van der Waals surface area contributed by atoms with Crippen LogP contribution in [0.2, 0.25) is 0 Å². The molecule has 0 bridgehead atoms. The molecule has 3 heterocycles. The number of pyridine rings is 2. The highest BCUT2D eigenvalue weighted by atomic mass is 16.3. The highest BCUT2D eigenvalue weighted by molar-refractivity contribution is 6.00. The van der Waals surface area contributed by atoms with Crippen molar-refractivity contribution in [2.45, 2.75) is 6.92 Å². The Hall–Kier alpha value is -5.22. The van der Waals surface area contributed by atoms with Crippen molar-refractivity contribution >= 4 is 34.6 Å². The molecule has 3 aromatic heterocycles. The van der Waals surface area contributed by atoms with Crippen LogP contribution < -0.4 is 5.32 Å². The van der Waals surface area contributed by atoms with Gasteiger partial charge >= 0.3 is 0 Å². The van der Waals surface area contributed by atoms with Crippen molar-refractivity contribution in [3.8, 4) is 33.6 Å². The summed E-state index contributed by atoms with van der Waals surface area (Å²) < 4.78 is 6.38. The number of nitrogens with one attached hydrogen (secondary N) is 1. The Bertz CT molecular complexity index is 1800. The third-order valence-electron chi connectivity index (χ3n) is 6.60. The summed E-state index contributed by atoms with van der Waals surface area (Å²) in [6.07, 6.45) is 7.62. The van der Waals surface area contributed by atoms with Gasteiger partial charge in [-0.05, 0) is 61.0 Å². The van der Waals surface area contributed by atoms with Crippen LogP contribution in [-0.4, -0.2) is 9.97 Å². The van der Waals surface area contributed by atoms with Gasteiger partial charge in [0.2, 0.25) is 0 Å². The molecule has 0 fully saturated rings. The summed E-state index contributed by atoms with van der Waals surface area (Å²) in [7, 11) is 0. The molecule has 0 aliphatic carbocycles. The van der Waals surface area contributed by atoms with Gasteiger partial charge in [0.25, 0.3) is 0 Å². The number of allylic oxidation sites excluding steroid dienone is 1. The van der Waals surface area contributed by atoms with Crippen LogP contribution >= 0.6 is 0 Å². The Kier molecular flexibility index (Phi) is 6.59. The number of furan rings is 1. The Balaban J connectivity index is 1.49. The van der Waals surface area contributed by atoms with E-state index in [2.05, 4.69) is 65.4 Å². The van der Waals surface area contributed by atoms with Gasteiger partial charge in [-0.1, -0.05) is 79.4 Å². The largest absolute Gasteiger partial charge is 0.455 e. The van der Waals surface area contributed by atoms with Gasteiger partial charge < -0.3 is 9.73 Å². The molecule has 4 heteroatoms. The maximum atomic E-state index is 6.38. The van der Waals surface area contributed by atoms with Crippen LogP contribution in [0.25, 0.3) is 56.8 Å². The average molecular weight is 506 g/mol.